The molecule has 0 N–H and O–H groups in total. The van der Waals surface area contributed by atoms with Crippen LogP contribution in [-0.4, -0.2) is 80.0 Å². The van der Waals surface area contributed by atoms with Crippen molar-refractivity contribution in [2.45, 2.75) is 38.1 Å². The van der Waals surface area contributed by atoms with Gasteiger partial charge in [0.15, 0.2) is 0 Å². The summed E-state index contributed by atoms with van der Waals surface area (Å²) in [4.78, 5) is 47.0. The van der Waals surface area contributed by atoms with Crippen LogP contribution in [0.2, 0.25) is 0 Å². The zero-order valence-corrected chi connectivity index (χ0v) is 23.0. The number of carbonyl (C=O) groups is 3. The number of amides is 3. The van der Waals surface area contributed by atoms with E-state index in [-0.39, 0.29) is 29.6 Å². The van der Waals surface area contributed by atoms with E-state index in [0.29, 0.717) is 37.4 Å². The number of ether oxygens (including phenoxy) is 1. The fourth-order valence-corrected chi connectivity index (χ4v) is 6.79. The maximum Gasteiger partial charge on any atom is 0.232 e. The van der Waals surface area contributed by atoms with Crippen molar-refractivity contribution in [2.75, 3.05) is 62.3 Å². The van der Waals surface area contributed by atoms with Gasteiger partial charge in [0, 0.05) is 75.9 Å². The Balaban J connectivity index is 1.26. The molecular weight excluding hydrogens is 506 g/mol. The first kappa shape index (κ1) is 26.5. The molecule has 9 heteroatoms. The summed E-state index contributed by atoms with van der Waals surface area (Å²) in [6.45, 7) is 7.99. The van der Waals surface area contributed by atoms with Gasteiger partial charge in [0.25, 0.3) is 0 Å². The molecule has 0 bridgehead atoms. The van der Waals surface area contributed by atoms with Crippen molar-refractivity contribution in [3.8, 4) is 6.07 Å². The molecule has 208 valence electrons. The summed E-state index contributed by atoms with van der Waals surface area (Å²) >= 11 is 0. The number of piperidine rings is 1. The maximum absolute atomic E-state index is 14.1. The van der Waals surface area contributed by atoms with Gasteiger partial charge in [-0.15, -0.1) is 0 Å². The Hall–Kier alpha value is -3.74. The van der Waals surface area contributed by atoms with Crippen LogP contribution in [-0.2, 0) is 31.1 Å². The predicted octanol–water partition coefficient (Wildman–Crippen LogP) is 2.67. The molecule has 3 fully saturated rings. The lowest BCUT2D eigenvalue weighted by atomic mass is 9.74. The molecule has 0 saturated carbocycles. The topological polar surface area (TPSA) is 97.2 Å². The molecule has 0 aliphatic carbocycles. The van der Waals surface area contributed by atoms with Crippen LogP contribution >= 0.6 is 0 Å². The highest BCUT2D eigenvalue weighted by atomic mass is 16.5. The third kappa shape index (κ3) is 4.87. The number of hydrogen-bond acceptors (Lipinski definition) is 6. The van der Waals surface area contributed by atoms with E-state index >= 15 is 0 Å². The molecular formula is C31H35N5O4. The lowest BCUT2D eigenvalue weighted by Crippen LogP contribution is -2.48. The maximum atomic E-state index is 14.1. The standard InChI is InChI=1S/C31H35N5O4/c1-22(37)34-9-7-31(8-10-34)21-36(28-6-5-24(16-27(28)31)19-33-11-13-40-14-12-33)30(39)25-17-29(38)35(20-25)26-4-2-3-23(15-26)18-32/h2-6,15-16,25H,7-14,17,19-21H2,1H3/t25-/m0/s1. The highest BCUT2D eigenvalue weighted by Gasteiger charge is 2.49. The molecule has 2 aromatic rings. The van der Waals surface area contributed by atoms with E-state index in [4.69, 9.17) is 4.74 Å². The Labute approximate surface area is 234 Å². The van der Waals surface area contributed by atoms with Crippen molar-refractivity contribution < 1.29 is 19.1 Å². The predicted molar refractivity (Wildman–Crippen MR) is 150 cm³/mol. The first-order chi connectivity index (χ1) is 19.4. The van der Waals surface area contributed by atoms with E-state index in [1.165, 1.54) is 11.1 Å². The van der Waals surface area contributed by atoms with Crippen molar-refractivity contribution in [1.29, 1.82) is 5.26 Å². The zero-order valence-electron chi connectivity index (χ0n) is 23.0. The summed E-state index contributed by atoms with van der Waals surface area (Å²) < 4.78 is 5.52. The SMILES string of the molecule is CC(=O)N1CCC2(CC1)CN(C(=O)[C@H]1CC(=O)N(c3cccc(C#N)c3)C1)c1ccc(CN3CCOCC3)cc12. The Bertz CT molecular complexity index is 1370. The summed E-state index contributed by atoms with van der Waals surface area (Å²) in [6.07, 6.45) is 1.77. The second kappa shape index (κ2) is 10.7. The summed E-state index contributed by atoms with van der Waals surface area (Å²) in [5, 5.41) is 9.28. The number of anilines is 2. The normalized spacial score (nSPS) is 22.4. The van der Waals surface area contributed by atoms with Gasteiger partial charge in [-0.3, -0.25) is 19.3 Å². The second-order valence-electron chi connectivity index (χ2n) is 11.5. The second-order valence-corrected chi connectivity index (χ2v) is 11.5. The van der Waals surface area contributed by atoms with Gasteiger partial charge >= 0.3 is 0 Å². The third-order valence-corrected chi connectivity index (χ3v) is 9.09. The minimum atomic E-state index is -0.452. The van der Waals surface area contributed by atoms with E-state index in [1.54, 1.807) is 30.0 Å². The molecule has 1 spiro atoms. The summed E-state index contributed by atoms with van der Waals surface area (Å²) in [6, 6.07) is 15.6. The quantitative estimate of drug-likeness (QED) is 0.591. The number of carbonyl (C=O) groups excluding carboxylic acids is 3. The van der Waals surface area contributed by atoms with E-state index in [2.05, 4.69) is 29.2 Å². The molecule has 2 aromatic carbocycles. The minimum absolute atomic E-state index is 0.0275. The van der Waals surface area contributed by atoms with Gasteiger partial charge in [-0.05, 0) is 48.2 Å². The molecule has 6 rings (SSSR count). The molecule has 4 aliphatic heterocycles. The lowest BCUT2D eigenvalue weighted by molar-refractivity contribution is -0.130. The van der Waals surface area contributed by atoms with Gasteiger partial charge < -0.3 is 19.4 Å². The van der Waals surface area contributed by atoms with Crippen molar-refractivity contribution in [1.82, 2.24) is 9.80 Å². The first-order valence-electron chi connectivity index (χ1n) is 14.2. The first-order valence-corrected chi connectivity index (χ1v) is 14.2. The highest BCUT2D eigenvalue weighted by molar-refractivity contribution is 6.05. The largest absolute Gasteiger partial charge is 0.379 e. The molecule has 0 unspecified atom stereocenters. The molecule has 0 aromatic heterocycles. The Kier molecular flexibility index (Phi) is 7.07. The Morgan fingerprint density at radius 3 is 2.58 bits per heavy atom. The van der Waals surface area contributed by atoms with Gasteiger partial charge in [-0.25, -0.2) is 0 Å². The summed E-state index contributed by atoms with van der Waals surface area (Å²) in [5.41, 5.74) is 4.29. The monoisotopic (exact) mass is 541 g/mol. The van der Waals surface area contributed by atoms with Crippen molar-refractivity contribution in [3.63, 3.8) is 0 Å². The number of benzene rings is 2. The number of nitrogens with zero attached hydrogens (tertiary/aromatic N) is 5. The number of hydrogen-bond donors (Lipinski definition) is 0. The van der Waals surface area contributed by atoms with Crippen LogP contribution in [0.4, 0.5) is 11.4 Å². The molecule has 3 saturated heterocycles. The van der Waals surface area contributed by atoms with Crippen molar-refractivity contribution in [2.24, 2.45) is 5.92 Å². The fraction of sp³-hybridized carbons (Fsp3) is 0.484. The fourth-order valence-electron chi connectivity index (χ4n) is 6.79. The smallest absolute Gasteiger partial charge is 0.232 e. The highest BCUT2D eigenvalue weighted by Crippen LogP contribution is 2.48. The molecule has 4 heterocycles. The van der Waals surface area contributed by atoms with Gasteiger partial charge in [-0.2, -0.15) is 5.26 Å². The molecule has 3 amide bonds. The Morgan fingerprint density at radius 2 is 1.85 bits per heavy atom. The molecule has 4 aliphatic rings. The van der Waals surface area contributed by atoms with Gasteiger partial charge in [0.1, 0.15) is 0 Å². The lowest BCUT2D eigenvalue weighted by Gasteiger charge is -2.39. The average molecular weight is 542 g/mol. The van der Waals surface area contributed by atoms with Gasteiger partial charge in [0.05, 0.1) is 30.8 Å². The van der Waals surface area contributed by atoms with Crippen molar-refractivity contribution >= 4 is 29.1 Å². The molecule has 40 heavy (non-hydrogen) atoms. The van der Waals surface area contributed by atoms with Gasteiger partial charge in [-0.1, -0.05) is 18.2 Å². The molecule has 0 radical (unpaired) electrons. The van der Waals surface area contributed by atoms with E-state index in [0.717, 1.165) is 51.4 Å². The molecule has 1 atom stereocenters. The Morgan fingerprint density at radius 1 is 1.07 bits per heavy atom. The van der Waals surface area contributed by atoms with E-state index in [9.17, 15) is 19.6 Å². The number of likely N-dealkylation sites (tertiary alicyclic amines) is 1. The van der Waals surface area contributed by atoms with E-state index < -0.39 is 5.92 Å². The average Bonchev–Trinajstić information content (AvgIpc) is 3.51. The number of fused-ring (bicyclic) bond motifs is 2. The number of rotatable bonds is 4. The van der Waals surface area contributed by atoms with Crippen LogP contribution in [0.5, 0.6) is 0 Å². The van der Waals surface area contributed by atoms with Crippen LogP contribution in [0.25, 0.3) is 0 Å². The van der Waals surface area contributed by atoms with Crippen LogP contribution in [0.1, 0.15) is 42.9 Å². The summed E-state index contributed by atoms with van der Waals surface area (Å²) in [5.74, 6) is -0.489. The zero-order chi connectivity index (χ0) is 27.9. The van der Waals surface area contributed by atoms with Crippen LogP contribution < -0.4 is 9.80 Å². The van der Waals surface area contributed by atoms with E-state index in [1.807, 2.05) is 15.9 Å². The minimum Gasteiger partial charge on any atom is -0.379 e. The van der Waals surface area contributed by atoms with Crippen LogP contribution in [0.15, 0.2) is 42.5 Å². The summed E-state index contributed by atoms with van der Waals surface area (Å²) in [7, 11) is 0. The number of nitriles is 1. The van der Waals surface area contributed by atoms with Crippen LogP contribution in [0, 0.1) is 17.2 Å². The van der Waals surface area contributed by atoms with Crippen LogP contribution in [0.3, 0.4) is 0 Å². The van der Waals surface area contributed by atoms with Gasteiger partial charge in [0.2, 0.25) is 17.7 Å². The van der Waals surface area contributed by atoms with Crippen molar-refractivity contribution in [3.05, 3.63) is 59.2 Å². The number of morpholine rings is 1. The third-order valence-electron chi connectivity index (χ3n) is 9.09. The molecule has 9 nitrogen and oxygen atoms in total.